The Labute approximate surface area is 184 Å². The molecule has 0 bridgehead atoms. The highest BCUT2D eigenvalue weighted by atomic mass is 32.2. The van der Waals surface area contributed by atoms with Crippen LogP contribution in [-0.2, 0) is 29.4 Å². The number of hydrogen-bond donors (Lipinski definition) is 1. The highest BCUT2D eigenvalue weighted by molar-refractivity contribution is 7.89. The van der Waals surface area contributed by atoms with Gasteiger partial charge in [0.05, 0.1) is 12.0 Å². The van der Waals surface area contributed by atoms with Crippen molar-refractivity contribution in [3.63, 3.8) is 0 Å². The van der Waals surface area contributed by atoms with Crippen LogP contribution in [0.5, 0.6) is 5.75 Å². The Bertz CT molecular complexity index is 1110. The van der Waals surface area contributed by atoms with Crippen molar-refractivity contribution in [2.24, 2.45) is 0 Å². The second-order valence-electron chi connectivity index (χ2n) is 7.78. The van der Waals surface area contributed by atoms with Crippen LogP contribution in [0, 0.1) is 0 Å². The molecule has 0 aromatic heterocycles. The molecule has 0 atom stereocenters. The molecule has 6 heteroatoms. The van der Waals surface area contributed by atoms with E-state index < -0.39 is 10.0 Å². The number of methoxy groups -OCH3 is 1. The predicted molar refractivity (Wildman–Crippen MR) is 124 cm³/mol. The molecule has 31 heavy (non-hydrogen) atoms. The normalized spacial score (nSPS) is 13.6. The Hall–Kier alpha value is -2.83. The Kier molecular flexibility index (Phi) is 6.59. The molecule has 0 amide bonds. The zero-order valence-corrected chi connectivity index (χ0v) is 18.6. The Morgan fingerprint density at radius 2 is 1.65 bits per heavy atom. The Balaban J connectivity index is 1.27. The van der Waals surface area contributed by atoms with E-state index in [0.717, 1.165) is 32.4 Å². The van der Waals surface area contributed by atoms with Gasteiger partial charge in [0, 0.05) is 25.3 Å². The summed E-state index contributed by atoms with van der Waals surface area (Å²) in [4.78, 5) is 2.66. The fraction of sp³-hybridized carbons (Fsp3) is 0.280. The van der Waals surface area contributed by atoms with Crippen LogP contribution in [0.3, 0.4) is 0 Å². The molecule has 1 aliphatic heterocycles. The maximum absolute atomic E-state index is 12.4. The molecule has 1 N–H and O–H groups in total. The first-order valence-electron chi connectivity index (χ1n) is 10.6. The minimum atomic E-state index is -3.50. The van der Waals surface area contributed by atoms with Gasteiger partial charge >= 0.3 is 0 Å². The van der Waals surface area contributed by atoms with Gasteiger partial charge in [-0.15, -0.1) is 0 Å². The third-order valence-electron chi connectivity index (χ3n) is 5.74. The van der Waals surface area contributed by atoms with Crippen LogP contribution in [0.25, 0.3) is 0 Å². The van der Waals surface area contributed by atoms with E-state index in [2.05, 4.69) is 58.2 Å². The van der Waals surface area contributed by atoms with Crippen LogP contribution in [0.15, 0.2) is 77.7 Å². The van der Waals surface area contributed by atoms with Gasteiger partial charge in [-0.3, -0.25) is 0 Å². The van der Waals surface area contributed by atoms with Crippen LogP contribution < -0.4 is 14.4 Å². The average Bonchev–Trinajstić information content (AvgIpc) is 2.82. The summed E-state index contributed by atoms with van der Waals surface area (Å²) in [5.41, 5.74) is 5.30. The molecule has 162 valence electrons. The molecule has 0 unspecified atom stereocenters. The van der Waals surface area contributed by atoms with Gasteiger partial charge in [-0.2, -0.15) is 0 Å². The largest absolute Gasteiger partial charge is 0.497 e. The number of nitrogens with one attached hydrogen (secondary N) is 1. The number of rotatable bonds is 8. The number of ether oxygens (including phenoxy) is 1. The van der Waals surface area contributed by atoms with Gasteiger partial charge in [0.15, 0.2) is 0 Å². The highest BCUT2D eigenvalue weighted by Crippen LogP contribution is 2.25. The predicted octanol–water partition coefficient (Wildman–Crippen LogP) is 4.17. The number of anilines is 1. The van der Waals surface area contributed by atoms with Gasteiger partial charge < -0.3 is 9.64 Å². The summed E-state index contributed by atoms with van der Waals surface area (Å²) in [5, 5.41) is 0. The smallest absolute Gasteiger partial charge is 0.240 e. The summed E-state index contributed by atoms with van der Waals surface area (Å²) in [7, 11) is -1.94. The lowest BCUT2D eigenvalue weighted by Gasteiger charge is -2.30. The van der Waals surface area contributed by atoms with Crippen LogP contribution >= 0.6 is 0 Å². The third-order valence-corrected chi connectivity index (χ3v) is 7.21. The van der Waals surface area contributed by atoms with Gasteiger partial charge in [0.25, 0.3) is 0 Å². The lowest BCUT2D eigenvalue weighted by molar-refractivity contribution is 0.414. The fourth-order valence-corrected chi connectivity index (χ4v) is 5.00. The first-order chi connectivity index (χ1) is 15.0. The molecule has 1 aliphatic rings. The molecule has 0 saturated carbocycles. The van der Waals surface area contributed by atoms with Crippen molar-refractivity contribution in [2.75, 3.05) is 25.1 Å². The molecule has 0 fully saturated rings. The maximum atomic E-state index is 12.4. The zero-order chi connectivity index (χ0) is 21.7. The van der Waals surface area contributed by atoms with E-state index in [9.17, 15) is 8.42 Å². The first kappa shape index (κ1) is 21.4. The fourth-order valence-electron chi connectivity index (χ4n) is 3.93. The molecule has 0 saturated heterocycles. The summed E-state index contributed by atoms with van der Waals surface area (Å²) in [5.74, 6) is 0.635. The van der Waals surface area contributed by atoms with Crippen molar-refractivity contribution in [2.45, 2.75) is 30.7 Å². The Morgan fingerprint density at radius 3 is 2.35 bits per heavy atom. The van der Waals surface area contributed by atoms with E-state index in [1.54, 1.807) is 31.4 Å². The van der Waals surface area contributed by atoms with E-state index in [-0.39, 0.29) is 4.90 Å². The summed E-state index contributed by atoms with van der Waals surface area (Å²) in [6.07, 6.45) is 2.65. The topological polar surface area (TPSA) is 58.6 Å². The van der Waals surface area contributed by atoms with Crippen LogP contribution in [-0.4, -0.2) is 28.6 Å². The number of benzene rings is 3. The standard InChI is InChI=1S/C25H28N2O3S/c1-30-24-12-14-25(15-13-24)31(28,29)26-17-4-5-20-8-10-23(11-9-20)27-18-16-21-6-2-3-7-22(21)19-27/h2-3,6-15,26H,4-5,16-19H2,1H3. The van der Waals surface area contributed by atoms with Crippen molar-refractivity contribution in [1.29, 1.82) is 0 Å². The van der Waals surface area contributed by atoms with Crippen LogP contribution in [0.2, 0.25) is 0 Å². The molecule has 5 nitrogen and oxygen atoms in total. The van der Waals surface area contributed by atoms with E-state index in [0.29, 0.717) is 12.3 Å². The second kappa shape index (κ2) is 9.54. The maximum Gasteiger partial charge on any atom is 0.240 e. The minimum absolute atomic E-state index is 0.251. The van der Waals surface area contributed by atoms with E-state index in [4.69, 9.17) is 4.74 Å². The minimum Gasteiger partial charge on any atom is -0.497 e. The monoisotopic (exact) mass is 436 g/mol. The molecular formula is C25H28N2O3S. The SMILES string of the molecule is COc1ccc(S(=O)(=O)NCCCc2ccc(N3CCc4ccccc4C3)cc2)cc1. The lowest BCUT2D eigenvalue weighted by atomic mass is 9.99. The number of hydrogen-bond acceptors (Lipinski definition) is 4. The molecular weight excluding hydrogens is 408 g/mol. The first-order valence-corrected chi connectivity index (χ1v) is 12.1. The van der Waals surface area contributed by atoms with E-state index >= 15 is 0 Å². The zero-order valence-electron chi connectivity index (χ0n) is 17.8. The van der Waals surface area contributed by atoms with Crippen molar-refractivity contribution in [3.8, 4) is 5.75 Å². The van der Waals surface area contributed by atoms with Gasteiger partial charge in [-0.1, -0.05) is 36.4 Å². The van der Waals surface area contributed by atoms with E-state index in [1.165, 1.54) is 22.4 Å². The summed E-state index contributed by atoms with van der Waals surface area (Å²) in [6.45, 7) is 2.38. The summed E-state index contributed by atoms with van der Waals surface area (Å²) >= 11 is 0. The number of nitrogens with zero attached hydrogens (tertiary/aromatic N) is 1. The number of fused-ring (bicyclic) bond motifs is 1. The van der Waals surface area contributed by atoms with Gasteiger partial charge in [0.2, 0.25) is 10.0 Å². The van der Waals surface area contributed by atoms with Gasteiger partial charge in [0.1, 0.15) is 5.75 Å². The molecule has 0 aliphatic carbocycles. The molecule has 3 aromatic rings. The highest BCUT2D eigenvalue weighted by Gasteiger charge is 2.16. The van der Waals surface area contributed by atoms with Crippen molar-refractivity contribution >= 4 is 15.7 Å². The van der Waals surface area contributed by atoms with Crippen molar-refractivity contribution in [1.82, 2.24) is 4.72 Å². The Morgan fingerprint density at radius 1 is 0.935 bits per heavy atom. The van der Waals surface area contributed by atoms with Crippen molar-refractivity contribution < 1.29 is 13.2 Å². The molecule has 0 radical (unpaired) electrons. The quantitative estimate of drug-likeness (QED) is 0.539. The van der Waals surface area contributed by atoms with Gasteiger partial charge in [-0.25, -0.2) is 13.1 Å². The number of aryl methyl sites for hydroxylation is 1. The summed E-state index contributed by atoms with van der Waals surface area (Å²) < 4.78 is 32.5. The van der Waals surface area contributed by atoms with E-state index in [1.807, 2.05) is 0 Å². The lowest BCUT2D eigenvalue weighted by Crippen LogP contribution is -2.30. The molecule has 4 rings (SSSR count). The molecule has 0 spiro atoms. The van der Waals surface area contributed by atoms with Crippen LogP contribution in [0.1, 0.15) is 23.1 Å². The molecule has 1 heterocycles. The summed E-state index contributed by atoms with van der Waals surface area (Å²) in [6, 6.07) is 23.7. The number of sulfonamides is 1. The second-order valence-corrected chi connectivity index (χ2v) is 9.55. The average molecular weight is 437 g/mol. The third kappa shape index (κ3) is 5.27. The molecule has 3 aromatic carbocycles. The van der Waals surface area contributed by atoms with Crippen molar-refractivity contribution in [3.05, 3.63) is 89.5 Å². The van der Waals surface area contributed by atoms with Crippen LogP contribution in [0.4, 0.5) is 5.69 Å². The van der Waals surface area contributed by atoms with Gasteiger partial charge in [-0.05, 0) is 72.4 Å².